The lowest BCUT2D eigenvalue weighted by molar-refractivity contribution is -0.386. The number of phenols is 1. The van der Waals surface area contributed by atoms with Crippen LogP contribution in [0.1, 0.15) is 5.56 Å². The summed E-state index contributed by atoms with van der Waals surface area (Å²) in [5.74, 6) is -0.366. The summed E-state index contributed by atoms with van der Waals surface area (Å²) >= 11 is 3.14. The van der Waals surface area contributed by atoms with Crippen LogP contribution in [-0.4, -0.2) is 29.2 Å². The van der Waals surface area contributed by atoms with E-state index in [1.165, 1.54) is 11.1 Å². The summed E-state index contributed by atoms with van der Waals surface area (Å²) in [6.07, 6.45) is 0. The third kappa shape index (κ3) is 3.16. The molecule has 0 saturated carbocycles. The van der Waals surface area contributed by atoms with Gasteiger partial charge in [0.2, 0.25) is 0 Å². The number of nitrogens with zero attached hydrogens (tertiary/aromatic N) is 2. The van der Waals surface area contributed by atoms with Crippen LogP contribution in [0.15, 0.2) is 16.6 Å². The van der Waals surface area contributed by atoms with Gasteiger partial charge in [-0.15, -0.1) is 0 Å². The molecule has 88 valence electrons. The average Bonchev–Trinajstić information content (AvgIpc) is 2.18. The highest BCUT2D eigenvalue weighted by Crippen LogP contribution is 2.33. The molecule has 1 aromatic rings. The molecule has 0 fully saturated rings. The number of aromatic hydroxyl groups is 1. The van der Waals surface area contributed by atoms with Crippen molar-refractivity contribution in [3.8, 4) is 5.75 Å². The fraction of sp³-hybridized carbons (Fsp3) is 0.333. The minimum Gasteiger partial charge on any atom is -0.502 e. The van der Waals surface area contributed by atoms with Gasteiger partial charge < -0.3 is 5.11 Å². The van der Waals surface area contributed by atoms with Crippen LogP contribution in [0.5, 0.6) is 5.75 Å². The van der Waals surface area contributed by atoms with E-state index < -0.39 is 4.92 Å². The zero-order chi connectivity index (χ0) is 12.3. The van der Waals surface area contributed by atoms with Gasteiger partial charge in [-0.3, -0.25) is 15.0 Å². The molecule has 6 nitrogen and oxygen atoms in total. The summed E-state index contributed by atoms with van der Waals surface area (Å²) in [5, 5.41) is 21.7. The van der Waals surface area contributed by atoms with E-state index in [9.17, 15) is 15.2 Å². The molecule has 16 heavy (non-hydrogen) atoms. The van der Waals surface area contributed by atoms with E-state index in [0.717, 1.165) is 0 Å². The van der Waals surface area contributed by atoms with Crippen molar-refractivity contribution in [1.29, 1.82) is 0 Å². The van der Waals surface area contributed by atoms with E-state index in [1.807, 2.05) is 0 Å². The van der Waals surface area contributed by atoms with Crippen molar-refractivity contribution in [2.75, 3.05) is 14.1 Å². The summed E-state index contributed by atoms with van der Waals surface area (Å²) in [7, 11) is 3.37. The van der Waals surface area contributed by atoms with E-state index >= 15 is 0 Å². The van der Waals surface area contributed by atoms with Crippen molar-refractivity contribution in [2.24, 2.45) is 0 Å². The first kappa shape index (κ1) is 12.9. The molecule has 0 aromatic heterocycles. The molecule has 1 N–H and O–H groups in total. The Labute approximate surface area is 101 Å². The van der Waals surface area contributed by atoms with Crippen LogP contribution in [0.4, 0.5) is 5.69 Å². The normalized spacial score (nSPS) is 10.8. The highest BCUT2D eigenvalue weighted by Gasteiger charge is 2.18. The third-order valence-electron chi connectivity index (χ3n) is 1.81. The molecule has 0 spiro atoms. The first-order valence-corrected chi connectivity index (χ1v) is 5.17. The van der Waals surface area contributed by atoms with Gasteiger partial charge in [0.25, 0.3) is 0 Å². The SMILES string of the molecule is CN(C)OCc1cc(Br)cc([N+](=O)[O-])c1O. The third-order valence-corrected chi connectivity index (χ3v) is 2.27. The van der Waals surface area contributed by atoms with Crippen molar-refractivity contribution in [2.45, 2.75) is 6.61 Å². The van der Waals surface area contributed by atoms with Gasteiger partial charge in [0.05, 0.1) is 11.5 Å². The second kappa shape index (κ2) is 5.24. The summed E-state index contributed by atoms with van der Waals surface area (Å²) < 4.78 is 0.523. The molecular weight excluding hydrogens is 280 g/mol. The van der Waals surface area contributed by atoms with Gasteiger partial charge in [0.1, 0.15) is 0 Å². The van der Waals surface area contributed by atoms with Gasteiger partial charge in [0.15, 0.2) is 5.75 Å². The second-order valence-electron chi connectivity index (χ2n) is 3.28. The smallest absolute Gasteiger partial charge is 0.312 e. The Bertz CT molecular complexity index is 409. The first-order valence-electron chi connectivity index (χ1n) is 4.38. The number of hydrogen-bond donors (Lipinski definition) is 1. The van der Waals surface area contributed by atoms with Gasteiger partial charge in [-0.05, 0) is 6.07 Å². The number of rotatable bonds is 4. The predicted molar refractivity (Wildman–Crippen MR) is 60.9 cm³/mol. The molecule has 0 aliphatic heterocycles. The quantitative estimate of drug-likeness (QED) is 0.678. The van der Waals surface area contributed by atoms with Crippen LogP contribution < -0.4 is 0 Å². The Kier molecular flexibility index (Phi) is 4.22. The maximum Gasteiger partial charge on any atom is 0.312 e. The van der Waals surface area contributed by atoms with E-state index in [1.54, 1.807) is 20.2 Å². The number of nitro benzene ring substituents is 1. The van der Waals surface area contributed by atoms with E-state index in [-0.39, 0.29) is 18.0 Å². The summed E-state index contributed by atoms with van der Waals surface area (Å²) in [4.78, 5) is 15.1. The van der Waals surface area contributed by atoms with Crippen LogP contribution in [0.25, 0.3) is 0 Å². The van der Waals surface area contributed by atoms with Crippen LogP contribution in [0.3, 0.4) is 0 Å². The Balaban J connectivity index is 3.04. The first-order chi connectivity index (χ1) is 7.41. The Hall–Kier alpha value is -1.18. The van der Waals surface area contributed by atoms with Crippen molar-refractivity contribution < 1.29 is 14.9 Å². The lowest BCUT2D eigenvalue weighted by Gasteiger charge is -2.11. The Morgan fingerprint density at radius 2 is 2.19 bits per heavy atom. The topological polar surface area (TPSA) is 75.8 Å². The monoisotopic (exact) mass is 290 g/mol. The molecule has 1 rings (SSSR count). The molecule has 0 saturated heterocycles. The zero-order valence-electron chi connectivity index (χ0n) is 8.81. The molecule has 7 heteroatoms. The molecule has 0 heterocycles. The second-order valence-corrected chi connectivity index (χ2v) is 4.19. The van der Waals surface area contributed by atoms with Gasteiger partial charge in [-0.2, -0.15) is 5.06 Å². The predicted octanol–water partition coefficient (Wildman–Crippen LogP) is 2.06. The highest BCUT2D eigenvalue weighted by molar-refractivity contribution is 9.10. The molecule has 0 amide bonds. The fourth-order valence-electron chi connectivity index (χ4n) is 1.09. The lowest BCUT2D eigenvalue weighted by Crippen LogP contribution is -2.12. The summed E-state index contributed by atoms with van der Waals surface area (Å²) in [6, 6.07) is 2.82. The van der Waals surface area contributed by atoms with Crippen molar-refractivity contribution >= 4 is 21.6 Å². The van der Waals surface area contributed by atoms with Crippen molar-refractivity contribution in [3.05, 3.63) is 32.3 Å². The van der Waals surface area contributed by atoms with Crippen molar-refractivity contribution in [3.63, 3.8) is 0 Å². The summed E-state index contributed by atoms with van der Waals surface area (Å²) in [6.45, 7) is 0.0686. The van der Waals surface area contributed by atoms with Crippen LogP contribution in [0, 0.1) is 10.1 Å². The maximum atomic E-state index is 10.6. The van der Waals surface area contributed by atoms with Crippen molar-refractivity contribution in [1.82, 2.24) is 5.06 Å². The maximum absolute atomic E-state index is 10.6. The fourth-order valence-corrected chi connectivity index (χ4v) is 1.58. The molecule has 0 atom stereocenters. The number of phenolic OH excluding ortho intramolecular Hbond substituents is 1. The number of nitro groups is 1. The lowest BCUT2D eigenvalue weighted by atomic mass is 10.2. The molecule has 0 aliphatic rings. The molecule has 0 bridgehead atoms. The Morgan fingerprint density at radius 1 is 1.56 bits per heavy atom. The number of hydrogen-bond acceptors (Lipinski definition) is 5. The summed E-state index contributed by atoms with van der Waals surface area (Å²) in [5.41, 5.74) is 0.0153. The minimum absolute atomic E-state index is 0.0686. The van der Waals surface area contributed by atoms with Gasteiger partial charge in [-0.25, -0.2) is 0 Å². The number of hydroxylamine groups is 2. The van der Waals surface area contributed by atoms with Gasteiger partial charge in [-0.1, -0.05) is 15.9 Å². The molecule has 1 aromatic carbocycles. The Morgan fingerprint density at radius 3 is 2.69 bits per heavy atom. The van der Waals surface area contributed by atoms with E-state index in [2.05, 4.69) is 15.9 Å². The van der Waals surface area contributed by atoms with Gasteiger partial charge in [0, 0.05) is 30.2 Å². The largest absolute Gasteiger partial charge is 0.502 e. The van der Waals surface area contributed by atoms with Crippen LogP contribution in [-0.2, 0) is 11.4 Å². The van der Waals surface area contributed by atoms with Crippen LogP contribution in [0.2, 0.25) is 0 Å². The number of benzene rings is 1. The van der Waals surface area contributed by atoms with Crippen LogP contribution >= 0.6 is 15.9 Å². The average molecular weight is 291 g/mol. The zero-order valence-corrected chi connectivity index (χ0v) is 10.4. The standard InChI is InChI=1S/C9H11BrN2O4/c1-11(2)16-5-6-3-7(10)4-8(9(6)13)12(14)15/h3-4,13H,5H2,1-2H3. The highest BCUT2D eigenvalue weighted by atomic mass is 79.9. The molecule has 0 unspecified atom stereocenters. The van der Waals surface area contributed by atoms with E-state index in [4.69, 9.17) is 4.84 Å². The molecular formula is C9H11BrN2O4. The van der Waals surface area contributed by atoms with E-state index in [0.29, 0.717) is 10.0 Å². The minimum atomic E-state index is -0.640. The number of halogens is 1. The van der Waals surface area contributed by atoms with Gasteiger partial charge >= 0.3 is 5.69 Å². The molecule has 0 aliphatic carbocycles. The molecule has 0 radical (unpaired) electrons.